The first kappa shape index (κ1) is 22.6. The summed E-state index contributed by atoms with van der Waals surface area (Å²) in [5.74, 6) is 1.31. The fraction of sp³-hybridized carbons (Fsp3) is 0.167. The molecule has 0 unspecified atom stereocenters. The maximum Gasteiger partial charge on any atom is 0.269 e. The predicted molar refractivity (Wildman–Crippen MR) is 124 cm³/mol. The van der Waals surface area contributed by atoms with Gasteiger partial charge in [-0.2, -0.15) is 5.10 Å². The van der Waals surface area contributed by atoms with Crippen LogP contribution in [0.3, 0.4) is 0 Å². The van der Waals surface area contributed by atoms with Crippen molar-refractivity contribution in [1.29, 1.82) is 0 Å². The van der Waals surface area contributed by atoms with Crippen LogP contribution in [0.5, 0.6) is 0 Å². The van der Waals surface area contributed by atoms with Crippen LogP contribution in [-0.2, 0) is 4.79 Å². The maximum absolute atomic E-state index is 11.3. The van der Waals surface area contributed by atoms with Crippen LogP contribution in [-0.4, -0.2) is 52.8 Å². The van der Waals surface area contributed by atoms with Crippen molar-refractivity contribution in [2.24, 2.45) is 4.99 Å². The standard InChI is InChI=1S/C13H16N2O.C11H11N3/c1-15(2)11-10-14-13(16)9-8-12-6-4-3-5-7-12;1-9-12-11(14-13-9)8-7-10-5-3-2-4-6-10/h3-10H,11H2,1-2H3;2-8H,1H3,(H,12,13,14)/b;8-7+. The lowest BCUT2D eigenvalue weighted by Gasteiger charge is -2.01. The highest BCUT2D eigenvalue weighted by atomic mass is 16.1. The number of carbonyl (C=O) groups is 1. The highest BCUT2D eigenvalue weighted by Crippen LogP contribution is 2.04. The molecule has 2 aromatic carbocycles. The molecule has 1 N–H and O–H groups in total. The topological polar surface area (TPSA) is 74.2 Å². The van der Waals surface area contributed by atoms with Gasteiger partial charge in [-0.1, -0.05) is 66.7 Å². The smallest absolute Gasteiger partial charge is 0.269 e. The van der Waals surface area contributed by atoms with Crippen LogP contribution in [0.1, 0.15) is 22.8 Å². The van der Waals surface area contributed by atoms with E-state index in [4.69, 9.17) is 0 Å². The molecule has 0 saturated carbocycles. The first-order chi connectivity index (χ1) is 14.5. The second kappa shape index (κ2) is 12.7. The van der Waals surface area contributed by atoms with E-state index in [9.17, 15) is 4.79 Å². The van der Waals surface area contributed by atoms with Crippen LogP contribution in [0.25, 0.3) is 18.2 Å². The van der Waals surface area contributed by atoms with Crippen molar-refractivity contribution in [1.82, 2.24) is 20.1 Å². The van der Waals surface area contributed by atoms with Gasteiger partial charge in [0.05, 0.1) is 0 Å². The van der Waals surface area contributed by atoms with Gasteiger partial charge in [0.15, 0.2) is 5.82 Å². The van der Waals surface area contributed by atoms with Gasteiger partial charge >= 0.3 is 0 Å². The summed E-state index contributed by atoms with van der Waals surface area (Å²) < 4.78 is 0. The Morgan fingerprint density at radius 1 is 0.967 bits per heavy atom. The third-order valence-corrected chi connectivity index (χ3v) is 3.72. The second-order valence-electron chi connectivity index (χ2n) is 6.68. The summed E-state index contributed by atoms with van der Waals surface area (Å²) in [6, 6.07) is 19.8. The molecule has 0 saturated heterocycles. The molecule has 6 heteroatoms. The largest absolute Gasteiger partial charge is 0.304 e. The van der Waals surface area contributed by atoms with Crippen LogP contribution in [0, 0.1) is 6.92 Å². The van der Waals surface area contributed by atoms with E-state index in [1.54, 1.807) is 12.3 Å². The average molecular weight is 402 g/mol. The van der Waals surface area contributed by atoms with Gasteiger partial charge in [0, 0.05) is 18.8 Å². The molecule has 1 amide bonds. The summed E-state index contributed by atoms with van der Waals surface area (Å²) >= 11 is 0. The molecule has 154 valence electrons. The molecule has 0 bridgehead atoms. The van der Waals surface area contributed by atoms with Gasteiger partial charge < -0.3 is 4.90 Å². The monoisotopic (exact) mass is 401 g/mol. The van der Waals surface area contributed by atoms with Crippen molar-refractivity contribution >= 4 is 30.3 Å². The Morgan fingerprint density at radius 2 is 1.57 bits per heavy atom. The number of amides is 1. The van der Waals surface area contributed by atoms with E-state index in [1.165, 1.54) is 6.08 Å². The van der Waals surface area contributed by atoms with E-state index in [2.05, 4.69) is 20.2 Å². The highest BCUT2D eigenvalue weighted by molar-refractivity contribution is 5.96. The Balaban J connectivity index is 0.000000215. The summed E-state index contributed by atoms with van der Waals surface area (Å²) in [5, 5.41) is 6.80. The number of carbonyl (C=O) groups excluding carboxylic acids is 1. The molecule has 0 aliphatic rings. The molecular formula is C24H27N5O. The van der Waals surface area contributed by atoms with E-state index >= 15 is 0 Å². The normalized spacial score (nSPS) is 11.3. The van der Waals surface area contributed by atoms with Gasteiger partial charge in [-0.3, -0.25) is 9.89 Å². The minimum atomic E-state index is -0.231. The summed E-state index contributed by atoms with van der Waals surface area (Å²) in [7, 11) is 3.85. The van der Waals surface area contributed by atoms with Crippen molar-refractivity contribution in [2.75, 3.05) is 20.6 Å². The SMILES string of the molecule is CN(C)CC=NC(=O)C=Cc1ccccc1.Cc1nc(/C=C/c2ccccc2)n[nH]1. The van der Waals surface area contributed by atoms with Crippen LogP contribution in [0.15, 0.2) is 71.7 Å². The Labute approximate surface area is 177 Å². The number of aryl methyl sites for hydroxylation is 1. The highest BCUT2D eigenvalue weighted by Gasteiger charge is 1.93. The van der Waals surface area contributed by atoms with Crippen molar-refractivity contribution in [3.05, 3.63) is 89.5 Å². The lowest BCUT2D eigenvalue weighted by molar-refractivity contribution is -0.113. The van der Waals surface area contributed by atoms with Gasteiger partial charge in [0.1, 0.15) is 5.82 Å². The second-order valence-corrected chi connectivity index (χ2v) is 6.68. The molecule has 0 atom stereocenters. The fourth-order valence-corrected chi connectivity index (χ4v) is 2.24. The third kappa shape index (κ3) is 9.52. The van der Waals surface area contributed by atoms with Crippen LogP contribution < -0.4 is 0 Å². The molecule has 1 aromatic heterocycles. The zero-order valence-electron chi connectivity index (χ0n) is 17.6. The van der Waals surface area contributed by atoms with Gasteiger partial charge in [-0.25, -0.2) is 9.98 Å². The molecule has 3 rings (SSSR count). The van der Waals surface area contributed by atoms with Crippen LogP contribution >= 0.6 is 0 Å². The van der Waals surface area contributed by atoms with E-state index in [1.807, 2.05) is 98.7 Å². The number of nitrogens with one attached hydrogen (secondary N) is 1. The Bertz CT molecular complexity index is 973. The molecule has 0 aliphatic heterocycles. The number of benzene rings is 2. The van der Waals surface area contributed by atoms with E-state index < -0.39 is 0 Å². The molecule has 0 radical (unpaired) electrons. The average Bonchev–Trinajstić information content (AvgIpc) is 3.18. The number of hydrogen-bond acceptors (Lipinski definition) is 4. The Hall–Kier alpha value is -3.64. The minimum absolute atomic E-state index is 0.231. The fourth-order valence-electron chi connectivity index (χ4n) is 2.24. The molecule has 3 aromatic rings. The van der Waals surface area contributed by atoms with E-state index in [-0.39, 0.29) is 5.91 Å². The Morgan fingerprint density at radius 3 is 2.10 bits per heavy atom. The van der Waals surface area contributed by atoms with Gasteiger partial charge in [-0.15, -0.1) is 0 Å². The van der Waals surface area contributed by atoms with Crippen molar-refractivity contribution in [3.63, 3.8) is 0 Å². The molecule has 30 heavy (non-hydrogen) atoms. The molecular weight excluding hydrogens is 374 g/mol. The number of aromatic nitrogens is 3. The number of H-pyrrole nitrogens is 1. The molecule has 6 nitrogen and oxygen atoms in total. The van der Waals surface area contributed by atoms with E-state index in [0.717, 1.165) is 17.0 Å². The molecule has 1 heterocycles. The number of aliphatic imine (C=N–C) groups is 1. The first-order valence-corrected chi connectivity index (χ1v) is 9.59. The van der Waals surface area contributed by atoms with Crippen molar-refractivity contribution < 1.29 is 4.79 Å². The number of nitrogens with zero attached hydrogens (tertiary/aromatic N) is 4. The molecule has 0 aliphatic carbocycles. The predicted octanol–water partition coefficient (Wildman–Crippen LogP) is 4.14. The summed E-state index contributed by atoms with van der Waals surface area (Å²) in [4.78, 5) is 21.2. The number of rotatable bonds is 6. The van der Waals surface area contributed by atoms with Gasteiger partial charge in [-0.05, 0) is 44.3 Å². The zero-order chi connectivity index (χ0) is 21.6. The third-order valence-electron chi connectivity index (χ3n) is 3.72. The summed E-state index contributed by atoms with van der Waals surface area (Å²) in [5.41, 5.74) is 2.15. The van der Waals surface area contributed by atoms with Gasteiger partial charge in [0.2, 0.25) is 0 Å². The zero-order valence-corrected chi connectivity index (χ0v) is 17.6. The van der Waals surface area contributed by atoms with Crippen molar-refractivity contribution in [3.8, 4) is 0 Å². The van der Waals surface area contributed by atoms with Gasteiger partial charge in [0.25, 0.3) is 5.91 Å². The van der Waals surface area contributed by atoms with E-state index in [0.29, 0.717) is 12.4 Å². The summed E-state index contributed by atoms with van der Waals surface area (Å²) in [6.45, 7) is 2.55. The lowest BCUT2D eigenvalue weighted by atomic mass is 10.2. The van der Waals surface area contributed by atoms with Crippen LogP contribution in [0.2, 0.25) is 0 Å². The molecule has 0 fully saturated rings. The molecule has 0 spiro atoms. The number of aromatic amines is 1. The van der Waals surface area contributed by atoms with Crippen molar-refractivity contribution in [2.45, 2.75) is 6.92 Å². The number of hydrogen-bond donors (Lipinski definition) is 1. The van der Waals surface area contributed by atoms with Crippen LogP contribution in [0.4, 0.5) is 0 Å². The quantitative estimate of drug-likeness (QED) is 0.498. The lowest BCUT2D eigenvalue weighted by Crippen LogP contribution is -2.14. The minimum Gasteiger partial charge on any atom is -0.304 e. The summed E-state index contributed by atoms with van der Waals surface area (Å²) in [6.07, 6.45) is 8.72. The maximum atomic E-state index is 11.3. The first-order valence-electron chi connectivity index (χ1n) is 9.59. The Kier molecular flexibility index (Phi) is 9.62.